The minimum Gasteiger partial charge on any atom is -0.366 e. The molecule has 6 heteroatoms. The lowest BCUT2D eigenvalue weighted by Crippen LogP contribution is -2.54. The Hall–Kier alpha value is -0.850. The van der Waals surface area contributed by atoms with Crippen molar-refractivity contribution in [1.82, 2.24) is 9.29 Å². The Labute approximate surface area is 102 Å². The average molecular weight is 257 g/mol. The van der Waals surface area contributed by atoms with Gasteiger partial charge in [0, 0.05) is 31.5 Å². The Balaban J connectivity index is 2.21. The van der Waals surface area contributed by atoms with Crippen LogP contribution < -0.4 is 5.73 Å². The highest BCUT2D eigenvalue weighted by Crippen LogP contribution is 2.31. The number of H-pyrrole nitrogens is 1. The summed E-state index contributed by atoms with van der Waals surface area (Å²) in [4.78, 5) is 3.07. The van der Waals surface area contributed by atoms with Crippen LogP contribution in [0.25, 0.3) is 0 Å². The molecule has 1 aromatic heterocycles. The van der Waals surface area contributed by atoms with Crippen molar-refractivity contribution in [3.63, 3.8) is 0 Å². The van der Waals surface area contributed by atoms with E-state index in [1.807, 2.05) is 0 Å². The zero-order valence-corrected chi connectivity index (χ0v) is 11.0. The third-order valence-electron chi connectivity index (χ3n) is 3.62. The second-order valence-electron chi connectivity index (χ2n) is 5.25. The number of nitrogens with one attached hydrogen (secondary N) is 1. The number of hydrogen-bond donors (Lipinski definition) is 2. The van der Waals surface area contributed by atoms with Gasteiger partial charge in [-0.05, 0) is 17.9 Å². The van der Waals surface area contributed by atoms with Gasteiger partial charge in [0.15, 0.2) is 0 Å². The van der Waals surface area contributed by atoms with Gasteiger partial charge in [-0.1, -0.05) is 13.8 Å². The van der Waals surface area contributed by atoms with Crippen molar-refractivity contribution in [3.05, 3.63) is 18.5 Å². The molecule has 1 saturated heterocycles. The summed E-state index contributed by atoms with van der Waals surface area (Å²) in [6.07, 6.45) is 3.90. The normalized spacial score (nSPS) is 25.9. The molecule has 96 valence electrons. The van der Waals surface area contributed by atoms with Crippen LogP contribution in [0.1, 0.15) is 20.3 Å². The van der Waals surface area contributed by atoms with Gasteiger partial charge >= 0.3 is 0 Å². The van der Waals surface area contributed by atoms with E-state index in [0.29, 0.717) is 18.0 Å². The van der Waals surface area contributed by atoms with Crippen LogP contribution in [0, 0.1) is 5.41 Å². The molecule has 5 nitrogen and oxygen atoms in total. The summed E-state index contributed by atoms with van der Waals surface area (Å²) in [5.74, 6) is 0. The predicted molar refractivity (Wildman–Crippen MR) is 65.9 cm³/mol. The van der Waals surface area contributed by atoms with Gasteiger partial charge < -0.3 is 10.7 Å². The minimum atomic E-state index is -3.38. The first-order valence-electron chi connectivity index (χ1n) is 5.72. The SMILES string of the molecule is CC1(C)CCN(S(=O)(=O)c2cc[nH]c2)CC1N. The van der Waals surface area contributed by atoms with E-state index in [4.69, 9.17) is 5.73 Å². The topological polar surface area (TPSA) is 79.2 Å². The zero-order chi connectivity index (χ0) is 12.7. The predicted octanol–water partition coefficient (Wildman–Crippen LogP) is 0.763. The van der Waals surface area contributed by atoms with E-state index in [9.17, 15) is 8.42 Å². The average Bonchev–Trinajstić information content (AvgIpc) is 2.75. The number of nitrogens with zero attached hydrogens (tertiary/aromatic N) is 1. The Bertz CT molecular complexity index is 479. The molecule has 1 atom stereocenters. The maximum absolute atomic E-state index is 12.3. The van der Waals surface area contributed by atoms with Gasteiger partial charge in [-0.25, -0.2) is 8.42 Å². The van der Waals surface area contributed by atoms with E-state index in [-0.39, 0.29) is 11.5 Å². The first kappa shape index (κ1) is 12.6. The molecule has 0 aliphatic carbocycles. The van der Waals surface area contributed by atoms with Gasteiger partial charge in [-0.2, -0.15) is 4.31 Å². The lowest BCUT2D eigenvalue weighted by molar-refractivity contribution is 0.161. The maximum atomic E-state index is 12.3. The van der Waals surface area contributed by atoms with Crippen LogP contribution in [0.5, 0.6) is 0 Å². The molecule has 1 aliphatic heterocycles. The van der Waals surface area contributed by atoms with E-state index in [2.05, 4.69) is 18.8 Å². The van der Waals surface area contributed by atoms with Gasteiger partial charge in [0.05, 0.1) is 4.90 Å². The molecule has 1 aromatic rings. The fraction of sp³-hybridized carbons (Fsp3) is 0.636. The number of rotatable bonds is 2. The number of aromatic nitrogens is 1. The van der Waals surface area contributed by atoms with Crippen molar-refractivity contribution in [2.24, 2.45) is 11.1 Å². The third-order valence-corrected chi connectivity index (χ3v) is 5.48. The second kappa shape index (κ2) is 4.12. The summed E-state index contributed by atoms with van der Waals surface area (Å²) in [6, 6.07) is 1.45. The number of nitrogens with two attached hydrogens (primary N) is 1. The van der Waals surface area contributed by atoms with Gasteiger partial charge in [0.2, 0.25) is 10.0 Å². The molecule has 0 radical (unpaired) electrons. The molecule has 2 heterocycles. The highest BCUT2D eigenvalue weighted by atomic mass is 32.2. The van der Waals surface area contributed by atoms with E-state index in [0.717, 1.165) is 6.42 Å². The zero-order valence-electron chi connectivity index (χ0n) is 10.2. The Morgan fingerprint density at radius 1 is 1.53 bits per heavy atom. The summed E-state index contributed by atoms with van der Waals surface area (Å²) in [7, 11) is -3.38. The lowest BCUT2D eigenvalue weighted by Gasteiger charge is -2.41. The molecule has 0 spiro atoms. The molecule has 1 unspecified atom stereocenters. The Kier molecular flexibility index (Phi) is 3.05. The number of aromatic amines is 1. The largest absolute Gasteiger partial charge is 0.366 e. The van der Waals surface area contributed by atoms with Gasteiger partial charge in [-0.3, -0.25) is 0 Å². The molecule has 0 aromatic carbocycles. The van der Waals surface area contributed by atoms with Gasteiger partial charge in [-0.15, -0.1) is 0 Å². The molecular formula is C11H19N3O2S. The fourth-order valence-electron chi connectivity index (χ4n) is 1.99. The summed E-state index contributed by atoms with van der Waals surface area (Å²) < 4.78 is 26.0. The van der Waals surface area contributed by atoms with Crippen LogP contribution >= 0.6 is 0 Å². The molecule has 0 amide bonds. The first-order valence-corrected chi connectivity index (χ1v) is 7.16. The molecule has 17 heavy (non-hydrogen) atoms. The van der Waals surface area contributed by atoms with E-state index in [1.54, 1.807) is 12.3 Å². The summed E-state index contributed by atoms with van der Waals surface area (Å²) in [5, 5.41) is 0. The van der Waals surface area contributed by atoms with Crippen molar-refractivity contribution in [1.29, 1.82) is 0 Å². The summed E-state index contributed by atoms with van der Waals surface area (Å²) in [6.45, 7) is 5.09. The van der Waals surface area contributed by atoms with E-state index >= 15 is 0 Å². The molecule has 0 saturated carbocycles. The lowest BCUT2D eigenvalue weighted by atomic mass is 9.79. The highest BCUT2D eigenvalue weighted by molar-refractivity contribution is 7.89. The first-order chi connectivity index (χ1) is 7.84. The number of piperidine rings is 1. The van der Waals surface area contributed by atoms with Crippen LogP contribution in [0.4, 0.5) is 0 Å². The molecule has 0 bridgehead atoms. The Morgan fingerprint density at radius 3 is 2.76 bits per heavy atom. The maximum Gasteiger partial charge on any atom is 0.244 e. The number of hydrogen-bond acceptors (Lipinski definition) is 3. The van der Waals surface area contributed by atoms with Crippen molar-refractivity contribution < 1.29 is 8.42 Å². The summed E-state index contributed by atoms with van der Waals surface area (Å²) >= 11 is 0. The smallest absolute Gasteiger partial charge is 0.244 e. The minimum absolute atomic E-state index is 0.00413. The Morgan fingerprint density at radius 2 is 2.24 bits per heavy atom. The van der Waals surface area contributed by atoms with Crippen LogP contribution in [-0.4, -0.2) is 36.8 Å². The summed E-state index contributed by atoms with van der Waals surface area (Å²) in [5.41, 5.74) is 6.04. The van der Waals surface area contributed by atoms with Crippen molar-refractivity contribution >= 4 is 10.0 Å². The van der Waals surface area contributed by atoms with Crippen LogP contribution in [-0.2, 0) is 10.0 Å². The standard InChI is InChI=1S/C11H19N3O2S/c1-11(2)4-6-14(8-10(11)12)17(15,16)9-3-5-13-7-9/h3,5,7,10,13H,4,6,8,12H2,1-2H3. The second-order valence-corrected chi connectivity index (χ2v) is 7.19. The van der Waals surface area contributed by atoms with Crippen molar-refractivity contribution in [2.75, 3.05) is 13.1 Å². The monoisotopic (exact) mass is 257 g/mol. The van der Waals surface area contributed by atoms with E-state index < -0.39 is 10.0 Å². The molecule has 2 rings (SSSR count). The van der Waals surface area contributed by atoms with Crippen LogP contribution in [0.15, 0.2) is 23.4 Å². The molecule has 1 aliphatic rings. The van der Waals surface area contributed by atoms with Crippen molar-refractivity contribution in [2.45, 2.75) is 31.2 Å². The van der Waals surface area contributed by atoms with E-state index in [1.165, 1.54) is 10.5 Å². The fourth-order valence-corrected chi connectivity index (χ4v) is 3.44. The van der Waals surface area contributed by atoms with Crippen LogP contribution in [0.2, 0.25) is 0 Å². The van der Waals surface area contributed by atoms with Gasteiger partial charge in [0.1, 0.15) is 0 Å². The quantitative estimate of drug-likeness (QED) is 0.821. The van der Waals surface area contributed by atoms with Gasteiger partial charge in [0.25, 0.3) is 0 Å². The van der Waals surface area contributed by atoms with Crippen molar-refractivity contribution in [3.8, 4) is 0 Å². The molecule has 1 fully saturated rings. The molecular weight excluding hydrogens is 238 g/mol. The number of sulfonamides is 1. The van der Waals surface area contributed by atoms with Crippen LogP contribution in [0.3, 0.4) is 0 Å². The highest BCUT2D eigenvalue weighted by Gasteiger charge is 2.38. The molecule has 3 N–H and O–H groups in total. The third kappa shape index (κ3) is 2.25.